The smallest absolute Gasteiger partial charge is 0.253 e. The van der Waals surface area contributed by atoms with Crippen LogP contribution in [-0.4, -0.2) is 29.8 Å². The zero-order valence-corrected chi connectivity index (χ0v) is 15.6. The molecule has 1 N–H and O–H groups in total. The maximum absolute atomic E-state index is 12.6. The molecule has 1 saturated heterocycles. The third-order valence-corrected chi connectivity index (χ3v) is 5.20. The van der Waals surface area contributed by atoms with E-state index in [2.05, 4.69) is 5.32 Å². The monoisotopic (exact) mass is 370 g/mol. The molecular weight excluding hydrogens is 348 g/mol. The Balaban J connectivity index is 1.51. The highest BCUT2D eigenvalue weighted by atomic mass is 35.5. The van der Waals surface area contributed by atoms with Crippen molar-refractivity contribution < 1.29 is 9.59 Å². The van der Waals surface area contributed by atoms with Crippen LogP contribution in [0.4, 0.5) is 0 Å². The van der Waals surface area contributed by atoms with E-state index < -0.39 is 0 Å². The van der Waals surface area contributed by atoms with Crippen molar-refractivity contribution in [1.29, 1.82) is 0 Å². The molecule has 0 radical (unpaired) electrons. The van der Waals surface area contributed by atoms with Gasteiger partial charge in [0.25, 0.3) is 5.91 Å². The molecule has 2 aromatic carbocycles. The van der Waals surface area contributed by atoms with Crippen LogP contribution in [0.2, 0.25) is 5.02 Å². The summed E-state index contributed by atoms with van der Waals surface area (Å²) >= 11 is 6.12. The first-order valence-electron chi connectivity index (χ1n) is 8.91. The van der Waals surface area contributed by atoms with Gasteiger partial charge in [-0.25, -0.2) is 0 Å². The first kappa shape index (κ1) is 18.5. The van der Waals surface area contributed by atoms with Crippen molar-refractivity contribution in [3.8, 4) is 0 Å². The predicted molar refractivity (Wildman–Crippen MR) is 103 cm³/mol. The first-order valence-corrected chi connectivity index (χ1v) is 9.29. The van der Waals surface area contributed by atoms with Crippen molar-refractivity contribution in [3.05, 3.63) is 70.2 Å². The number of amides is 2. The fourth-order valence-corrected chi connectivity index (χ4v) is 3.48. The van der Waals surface area contributed by atoms with Gasteiger partial charge in [-0.1, -0.05) is 47.5 Å². The van der Waals surface area contributed by atoms with Gasteiger partial charge < -0.3 is 10.2 Å². The molecule has 0 bridgehead atoms. The average Bonchev–Trinajstić information content (AvgIpc) is 2.66. The van der Waals surface area contributed by atoms with E-state index in [1.54, 1.807) is 0 Å². The van der Waals surface area contributed by atoms with Gasteiger partial charge in [-0.3, -0.25) is 9.59 Å². The molecule has 5 heteroatoms. The van der Waals surface area contributed by atoms with Gasteiger partial charge in [-0.15, -0.1) is 0 Å². The molecule has 0 saturated carbocycles. The number of carbonyl (C=O) groups is 2. The van der Waals surface area contributed by atoms with E-state index in [-0.39, 0.29) is 17.7 Å². The SMILES string of the molecule is Cc1cccc(C(=O)N2CCC(C(=O)NCc3ccccc3Cl)CC2)c1. The van der Waals surface area contributed by atoms with E-state index in [0.717, 1.165) is 11.1 Å². The van der Waals surface area contributed by atoms with E-state index in [1.165, 1.54) is 0 Å². The second kappa shape index (κ2) is 8.37. The Morgan fingerprint density at radius 2 is 1.85 bits per heavy atom. The summed E-state index contributed by atoms with van der Waals surface area (Å²) in [4.78, 5) is 26.8. The number of benzene rings is 2. The third kappa shape index (κ3) is 4.44. The molecule has 0 unspecified atom stereocenters. The highest BCUT2D eigenvalue weighted by molar-refractivity contribution is 6.31. The number of hydrogen-bond donors (Lipinski definition) is 1. The lowest BCUT2D eigenvalue weighted by Gasteiger charge is -2.31. The van der Waals surface area contributed by atoms with Crippen LogP contribution >= 0.6 is 11.6 Å². The molecular formula is C21H23ClN2O2. The highest BCUT2D eigenvalue weighted by Crippen LogP contribution is 2.20. The van der Waals surface area contributed by atoms with Crippen molar-refractivity contribution in [2.24, 2.45) is 5.92 Å². The minimum atomic E-state index is -0.0564. The van der Waals surface area contributed by atoms with E-state index in [1.807, 2.05) is 60.4 Å². The fraction of sp³-hybridized carbons (Fsp3) is 0.333. The maximum Gasteiger partial charge on any atom is 0.253 e. The van der Waals surface area contributed by atoms with Gasteiger partial charge in [0, 0.05) is 36.1 Å². The largest absolute Gasteiger partial charge is 0.352 e. The highest BCUT2D eigenvalue weighted by Gasteiger charge is 2.27. The van der Waals surface area contributed by atoms with E-state index in [0.29, 0.717) is 43.1 Å². The Morgan fingerprint density at radius 1 is 1.12 bits per heavy atom. The summed E-state index contributed by atoms with van der Waals surface area (Å²) in [6.07, 6.45) is 1.37. The predicted octanol–water partition coefficient (Wildman–Crippen LogP) is 3.82. The number of halogens is 1. The van der Waals surface area contributed by atoms with E-state index in [9.17, 15) is 9.59 Å². The molecule has 136 valence electrons. The van der Waals surface area contributed by atoms with Gasteiger partial charge in [-0.2, -0.15) is 0 Å². The Morgan fingerprint density at radius 3 is 2.54 bits per heavy atom. The third-order valence-electron chi connectivity index (χ3n) is 4.83. The topological polar surface area (TPSA) is 49.4 Å². The maximum atomic E-state index is 12.6. The molecule has 1 aliphatic rings. The Kier molecular flexibility index (Phi) is 5.94. The summed E-state index contributed by atoms with van der Waals surface area (Å²) in [5, 5.41) is 3.62. The van der Waals surface area contributed by atoms with Crippen molar-refractivity contribution in [2.45, 2.75) is 26.3 Å². The van der Waals surface area contributed by atoms with Crippen LogP contribution in [-0.2, 0) is 11.3 Å². The summed E-state index contributed by atoms with van der Waals surface area (Å²) in [5.74, 6) is 0.0234. The van der Waals surface area contributed by atoms with Crippen LogP contribution in [0, 0.1) is 12.8 Å². The van der Waals surface area contributed by atoms with Crippen molar-refractivity contribution in [2.75, 3.05) is 13.1 Å². The summed E-state index contributed by atoms with van der Waals surface area (Å²) < 4.78 is 0. The van der Waals surface area contributed by atoms with Gasteiger partial charge in [0.05, 0.1) is 0 Å². The normalized spacial score (nSPS) is 14.9. The number of nitrogens with zero attached hydrogens (tertiary/aromatic N) is 1. The molecule has 0 aromatic heterocycles. The summed E-state index contributed by atoms with van der Waals surface area (Å²) in [5.41, 5.74) is 2.70. The van der Waals surface area contributed by atoms with Crippen LogP contribution in [0.1, 0.15) is 34.3 Å². The molecule has 0 spiro atoms. The fourth-order valence-electron chi connectivity index (χ4n) is 3.27. The zero-order chi connectivity index (χ0) is 18.5. The van der Waals surface area contributed by atoms with E-state index >= 15 is 0 Å². The summed E-state index contributed by atoms with van der Waals surface area (Å²) in [7, 11) is 0. The minimum Gasteiger partial charge on any atom is -0.352 e. The lowest BCUT2D eigenvalue weighted by Crippen LogP contribution is -2.43. The van der Waals surface area contributed by atoms with Crippen molar-refractivity contribution >= 4 is 23.4 Å². The molecule has 1 aliphatic heterocycles. The lowest BCUT2D eigenvalue weighted by molar-refractivity contribution is -0.126. The average molecular weight is 371 g/mol. The van der Waals surface area contributed by atoms with E-state index in [4.69, 9.17) is 11.6 Å². The van der Waals surface area contributed by atoms with Crippen molar-refractivity contribution in [1.82, 2.24) is 10.2 Å². The lowest BCUT2D eigenvalue weighted by atomic mass is 9.95. The first-order chi connectivity index (χ1) is 12.5. The van der Waals surface area contributed by atoms with Gasteiger partial charge >= 0.3 is 0 Å². The Labute approximate surface area is 159 Å². The number of nitrogens with one attached hydrogen (secondary N) is 1. The Hall–Kier alpha value is -2.33. The summed E-state index contributed by atoms with van der Waals surface area (Å²) in [6, 6.07) is 15.1. The van der Waals surface area contributed by atoms with Crippen LogP contribution < -0.4 is 5.32 Å². The standard InChI is InChI=1S/C21H23ClN2O2/c1-15-5-4-7-17(13-15)21(26)24-11-9-16(10-12-24)20(25)23-14-18-6-2-3-8-19(18)22/h2-8,13,16H,9-12,14H2,1H3,(H,23,25). The second-order valence-electron chi connectivity index (χ2n) is 6.75. The Bertz CT molecular complexity index is 798. The van der Waals surface area contributed by atoms with Crippen LogP contribution in [0.3, 0.4) is 0 Å². The number of rotatable bonds is 4. The number of likely N-dealkylation sites (tertiary alicyclic amines) is 1. The molecule has 0 aliphatic carbocycles. The molecule has 2 amide bonds. The molecule has 4 nitrogen and oxygen atoms in total. The summed E-state index contributed by atoms with van der Waals surface area (Å²) in [6.45, 7) is 3.63. The van der Waals surface area contributed by atoms with Gasteiger partial charge in [0.2, 0.25) is 5.91 Å². The number of hydrogen-bond acceptors (Lipinski definition) is 2. The molecule has 2 aromatic rings. The van der Waals surface area contributed by atoms with Crippen molar-refractivity contribution in [3.63, 3.8) is 0 Å². The van der Waals surface area contributed by atoms with Crippen LogP contribution in [0.5, 0.6) is 0 Å². The molecule has 3 rings (SSSR count). The molecule has 26 heavy (non-hydrogen) atoms. The number of piperidine rings is 1. The zero-order valence-electron chi connectivity index (χ0n) is 14.9. The van der Waals surface area contributed by atoms with Gasteiger partial charge in [0.15, 0.2) is 0 Å². The minimum absolute atomic E-state index is 0.0348. The molecule has 1 fully saturated rings. The number of carbonyl (C=O) groups excluding carboxylic acids is 2. The van der Waals surface area contributed by atoms with Gasteiger partial charge in [0.1, 0.15) is 0 Å². The quantitative estimate of drug-likeness (QED) is 0.889. The van der Waals surface area contributed by atoms with Gasteiger partial charge in [-0.05, 0) is 43.5 Å². The van der Waals surface area contributed by atoms with Crippen LogP contribution in [0.25, 0.3) is 0 Å². The van der Waals surface area contributed by atoms with Crippen LogP contribution in [0.15, 0.2) is 48.5 Å². The number of aryl methyl sites for hydroxylation is 1. The second-order valence-corrected chi connectivity index (χ2v) is 7.15. The molecule has 1 heterocycles. The molecule has 0 atom stereocenters.